The minimum absolute atomic E-state index is 0.0558. The van der Waals surface area contributed by atoms with Crippen molar-refractivity contribution in [3.8, 4) is 11.1 Å². The molecule has 132 valence electrons. The molecule has 2 amide bonds. The van der Waals surface area contributed by atoms with Crippen LogP contribution in [0.15, 0.2) is 48.5 Å². The summed E-state index contributed by atoms with van der Waals surface area (Å²) in [5, 5.41) is 8.86. The molecule has 26 heavy (non-hydrogen) atoms. The summed E-state index contributed by atoms with van der Waals surface area (Å²) in [6.07, 6.45) is -2.99. The number of carbonyl (C=O) groups is 3. The summed E-state index contributed by atoms with van der Waals surface area (Å²) in [5.74, 6) is -1.58. The van der Waals surface area contributed by atoms with E-state index in [9.17, 15) is 14.4 Å². The normalized spacial score (nSPS) is 18.8. The highest BCUT2D eigenvalue weighted by molar-refractivity contribution is 6.04. The number of carbonyl (C=O) groups excluding carboxylic acids is 2. The standard InChI is InChI=1S/C19H15NO6/c21-17-9-16(18(22)20(17)26-19(23)24)25-10-15-13-7-3-1-5-11(13)12-6-2-4-8-14(12)15/h1-8,15-16H,9-10H2,(H,23,24). The Morgan fingerprint density at radius 3 is 2.19 bits per heavy atom. The van der Waals surface area contributed by atoms with Crippen molar-refractivity contribution >= 4 is 18.0 Å². The van der Waals surface area contributed by atoms with Crippen LogP contribution in [0.5, 0.6) is 0 Å². The quantitative estimate of drug-likeness (QED) is 0.849. The molecule has 0 spiro atoms. The second-order valence-corrected chi connectivity index (χ2v) is 6.14. The number of rotatable bonds is 4. The predicted molar refractivity (Wildman–Crippen MR) is 89.0 cm³/mol. The maximum absolute atomic E-state index is 12.1. The van der Waals surface area contributed by atoms with Gasteiger partial charge >= 0.3 is 6.16 Å². The summed E-state index contributed by atoms with van der Waals surface area (Å²) >= 11 is 0. The molecule has 0 radical (unpaired) electrons. The van der Waals surface area contributed by atoms with Crippen LogP contribution >= 0.6 is 0 Å². The van der Waals surface area contributed by atoms with E-state index in [0.29, 0.717) is 0 Å². The van der Waals surface area contributed by atoms with E-state index in [4.69, 9.17) is 9.84 Å². The van der Waals surface area contributed by atoms with Crippen molar-refractivity contribution in [3.63, 3.8) is 0 Å². The van der Waals surface area contributed by atoms with E-state index >= 15 is 0 Å². The summed E-state index contributed by atoms with van der Waals surface area (Å²) in [6, 6.07) is 16.0. The molecule has 1 aliphatic carbocycles. The molecule has 2 aromatic carbocycles. The highest BCUT2D eigenvalue weighted by Gasteiger charge is 2.43. The van der Waals surface area contributed by atoms with Crippen molar-refractivity contribution in [2.24, 2.45) is 0 Å². The number of imide groups is 1. The molecule has 2 aliphatic rings. The monoisotopic (exact) mass is 353 g/mol. The first kappa shape index (κ1) is 16.3. The van der Waals surface area contributed by atoms with Crippen LogP contribution in [0.4, 0.5) is 4.79 Å². The SMILES string of the molecule is O=C(O)ON1C(=O)CC(OCC2c3ccccc3-c3ccccc32)C1=O. The molecule has 0 saturated carbocycles. The molecule has 4 rings (SSSR count). The zero-order valence-electron chi connectivity index (χ0n) is 13.6. The zero-order chi connectivity index (χ0) is 18.3. The summed E-state index contributed by atoms with van der Waals surface area (Å²) in [5.41, 5.74) is 4.45. The fourth-order valence-electron chi connectivity index (χ4n) is 3.54. The van der Waals surface area contributed by atoms with Gasteiger partial charge < -0.3 is 9.84 Å². The first-order valence-corrected chi connectivity index (χ1v) is 8.14. The first-order chi connectivity index (χ1) is 12.6. The van der Waals surface area contributed by atoms with Gasteiger partial charge in [-0.25, -0.2) is 4.79 Å². The molecule has 2 aromatic rings. The molecule has 0 bridgehead atoms. The van der Waals surface area contributed by atoms with Gasteiger partial charge in [-0.2, -0.15) is 0 Å². The number of amides is 2. The lowest BCUT2D eigenvalue weighted by Gasteiger charge is -2.17. The van der Waals surface area contributed by atoms with Crippen LogP contribution < -0.4 is 0 Å². The largest absolute Gasteiger partial charge is 0.531 e. The zero-order valence-corrected chi connectivity index (χ0v) is 13.6. The molecule has 1 N–H and O–H groups in total. The average molecular weight is 353 g/mol. The van der Waals surface area contributed by atoms with E-state index in [2.05, 4.69) is 4.84 Å². The highest BCUT2D eigenvalue weighted by Crippen LogP contribution is 2.44. The second kappa shape index (κ2) is 6.27. The Labute approximate surface area is 148 Å². The Balaban J connectivity index is 1.53. The average Bonchev–Trinajstić information content (AvgIpc) is 3.09. The third-order valence-corrected chi connectivity index (χ3v) is 4.66. The van der Waals surface area contributed by atoms with E-state index in [1.165, 1.54) is 0 Å². The van der Waals surface area contributed by atoms with Gasteiger partial charge in [0.1, 0.15) is 6.10 Å². The number of hydrogen-bond donors (Lipinski definition) is 1. The maximum Gasteiger partial charge on any atom is 0.531 e. The van der Waals surface area contributed by atoms with Crippen molar-refractivity contribution in [2.45, 2.75) is 18.4 Å². The van der Waals surface area contributed by atoms with Gasteiger partial charge in [-0.1, -0.05) is 53.6 Å². The first-order valence-electron chi connectivity index (χ1n) is 8.14. The van der Waals surface area contributed by atoms with E-state index in [1.54, 1.807) is 0 Å². The number of nitrogens with zero attached hydrogens (tertiary/aromatic N) is 1. The Hall–Kier alpha value is -3.19. The van der Waals surface area contributed by atoms with Gasteiger partial charge in [0, 0.05) is 5.92 Å². The summed E-state index contributed by atoms with van der Waals surface area (Å²) in [4.78, 5) is 38.7. The van der Waals surface area contributed by atoms with E-state index in [0.717, 1.165) is 22.3 Å². The van der Waals surface area contributed by atoms with Crippen LogP contribution in [0.2, 0.25) is 0 Å². The van der Waals surface area contributed by atoms with Crippen LogP contribution in [-0.2, 0) is 19.2 Å². The van der Waals surface area contributed by atoms with Crippen LogP contribution in [-0.4, -0.2) is 40.9 Å². The molecule has 7 heteroatoms. The molecule has 1 saturated heterocycles. The van der Waals surface area contributed by atoms with Crippen LogP contribution in [0.25, 0.3) is 11.1 Å². The molecule has 1 heterocycles. The lowest BCUT2D eigenvalue weighted by molar-refractivity contribution is -0.178. The number of hydroxylamine groups is 2. The molecule has 1 unspecified atom stereocenters. The lowest BCUT2D eigenvalue weighted by Crippen LogP contribution is -2.35. The molecular formula is C19H15NO6. The number of ether oxygens (including phenoxy) is 1. The van der Waals surface area contributed by atoms with Crippen molar-refractivity contribution < 1.29 is 29.1 Å². The van der Waals surface area contributed by atoms with Gasteiger partial charge in [0.15, 0.2) is 0 Å². The predicted octanol–water partition coefficient (Wildman–Crippen LogP) is 2.55. The number of hydrogen-bond acceptors (Lipinski definition) is 5. The summed E-state index contributed by atoms with van der Waals surface area (Å²) < 4.78 is 5.71. The molecule has 1 fully saturated rings. The molecule has 1 aliphatic heterocycles. The van der Waals surface area contributed by atoms with Crippen LogP contribution in [0.3, 0.4) is 0 Å². The Morgan fingerprint density at radius 2 is 1.62 bits per heavy atom. The Morgan fingerprint density at radius 1 is 1.04 bits per heavy atom. The number of fused-ring (bicyclic) bond motifs is 3. The molecular weight excluding hydrogens is 338 g/mol. The van der Waals surface area contributed by atoms with Crippen molar-refractivity contribution in [1.82, 2.24) is 5.06 Å². The van der Waals surface area contributed by atoms with Gasteiger partial charge in [-0.3, -0.25) is 14.4 Å². The van der Waals surface area contributed by atoms with Crippen LogP contribution in [0.1, 0.15) is 23.5 Å². The van der Waals surface area contributed by atoms with E-state index in [1.807, 2.05) is 48.5 Å². The van der Waals surface area contributed by atoms with Crippen molar-refractivity contribution in [2.75, 3.05) is 6.61 Å². The molecule has 1 atom stereocenters. The highest BCUT2D eigenvalue weighted by atomic mass is 16.8. The Bertz CT molecular complexity index is 863. The molecule has 7 nitrogen and oxygen atoms in total. The summed E-state index contributed by atoms with van der Waals surface area (Å²) in [6.45, 7) is 0.207. The third-order valence-electron chi connectivity index (χ3n) is 4.66. The Kier molecular flexibility index (Phi) is 3.93. The minimum Gasteiger partial charge on any atom is -0.448 e. The van der Waals surface area contributed by atoms with Crippen LogP contribution in [0, 0.1) is 0 Å². The van der Waals surface area contributed by atoms with Gasteiger partial charge in [-0.05, 0) is 22.3 Å². The lowest BCUT2D eigenvalue weighted by atomic mass is 9.98. The number of benzene rings is 2. The van der Waals surface area contributed by atoms with Gasteiger partial charge in [0.25, 0.3) is 11.8 Å². The van der Waals surface area contributed by atoms with E-state index in [-0.39, 0.29) is 24.0 Å². The summed E-state index contributed by atoms with van der Waals surface area (Å²) in [7, 11) is 0. The number of carboxylic acid groups (broad SMARTS) is 1. The smallest absolute Gasteiger partial charge is 0.448 e. The topological polar surface area (TPSA) is 93.1 Å². The van der Waals surface area contributed by atoms with Gasteiger partial charge in [0.05, 0.1) is 13.0 Å². The van der Waals surface area contributed by atoms with Crippen molar-refractivity contribution in [3.05, 3.63) is 59.7 Å². The van der Waals surface area contributed by atoms with Crippen molar-refractivity contribution in [1.29, 1.82) is 0 Å². The maximum atomic E-state index is 12.1. The molecule has 0 aromatic heterocycles. The second-order valence-electron chi connectivity index (χ2n) is 6.14. The minimum atomic E-state index is -1.72. The fourth-order valence-corrected chi connectivity index (χ4v) is 3.54. The van der Waals surface area contributed by atoms with Gasteiger partial charge in [0.2, 0.25) is 0 Å². The fraction of sp³-hybridized carbons (Fsp3) is 0.211. The third kappa shape index (κ3) is 2.62. The van der Waals surface area contributed by atoms with Gasteiger partial charge in [-0.15, -0.1) is 0 Å². The van der Waals surface area contributed by atoms with E-state index < -0.39 is 24.1 Å².